The van der Waals surface area contributed by atoms with Crippen LogP contribution in [0.4, 0.5) is 5.69 Å². The molecule has 0 aromatic carbocycles. The van der Waals surface area contributed by atoms with Crippen LogP contribution in [-0.4, -0.2) is 23.6 Å². The van der Waals surface area contributed by atoms with Crippen LogP contribution in [0.15, 0.2) is 18.3 Å². The summed E-state index contributed by atoms with van der Waals surface area (Å²) in [5, 5.41) is 9.10. The van der Waals surface area contributed by atoms with Crippen molar-refractivity contribution in [3.63, 3.8) is 0 Å². The van der Waals surface area contributed by atoms with E-state index in [0.29, 0.717) is 11.7 Å². The van der Waals surface area contributed by atoms with Crippen molar-refractivity contribution in [2.24, 2.45) is 5.73 Å². The summed E-state index contributed by atoms with van der Waals surface area (Å²) >= 11 is 0. The van der Waals surface area contributed by atoms with E-state index < -0.39 is 0 Å². The molecule has 2 atom stereocenters. The highest BCUT2D eigenvalue weighted by Gasteiger charge is 2.27. The predicted molar refractivity (Wildman–Crippen MR) is 67.6 cm³/mol. The van der Waals surface area contributed by atoms with Gasteiger partial charge >= 0.3 is 0 Å². The minimum Gasteiger partial charge on any atom is -0.365 e. The number of anilines is 1. The largest absolute Gasteiger partial charge is 0.365 e. The molecule has 1 aliphatic heterocycles. The number of rotatable bonds is 2. The fourth-order valence-corrected chi connectivity index (χ4v) is 2.52. The van der Waals surface area contributed by atoms with Gasteiger partial charge in [-0.25, -0.2) is 4.98 Å². The first-order chi connectivity index (χ1) is 8.24. The molecule has 2 rings (SSSR count). The quantitative estimate of drug-likeness (QED) is 0.839. The van der Waals surface area contributed by atoms with Crippen molar-refractivity contribution in [1.29, 1.82) is 5.26 Å². The van der Waals surface area contributed by atoms with Crippen molar-refractivity contribution in [3.8, 4) is 6.07 Å². The van der Waals surface area contributed by atoms with Crippen LogP contribution in [0, 0.1) is 11.3 Å². The molecule has 2 heterocycles. The van der Waals surface area contributed by atoms with Crippen LogP contribution in [0.2, 0.25) is 0 Å². The van der Waals surface area contributed by atoms with Gasteiger partial charge in [-0.05, 0) is 38.3 Å². The smallest absolute Gasteiger partial charge is 0.163 e. The second kappa shape index (κ2) is 5.15. The summed E-state index contributed by atoms with van der Waals surface area (Å²) in [5.41, 5.74) is 7.47. The molecule has 0 radical (unpaired) electrons. The Morgan fingerprint density at radius 1 is 1.59 bits per heavy atom. The average molecular weight is 230 g/mol. The topological polar surface area (TPSA) is 65.9 Å². The first-order valence-corrected chi connectivity index (χ1v) is 6.11. The molecule has 2 unspecified atom stereocenters. The number of hydrogen-bond acceptors (Lipinski definition) is 4. The molecule has 17 heavy (non-hydrogen) atoms. The van der Waals surface area contributed by atoms with Gasteiger partial charge in [-0.2, -0.15) is 5.26 Å². The first-order valence-electron chi connectivity index (χ1n) is 6.11. The Morgan fingerprint density at radius 3 is 3.12 bits per heavy atom. The van der Waals surface area contributed by atoms with E-state index in [2.05, 4.69) is 16.0 Å². The second-order valence-electron chi connectivity index (χ2n) is 4.60. The number of aromatic nitrogens is 1. The maximum atomic E-state index is 9.10. The van der Waals surface area contributed by atoms with E-state index in [1.807, 2.05) is 19.1 Å². The normalized spacial score (nSPS) is 21.9. The molecule has 2 N–H and O–H groups in total. The third kappa shape index (κ3) is 2.40. The van der Waals surface area contributed by atoms with Crippen LogP contribution in [0.3, 0.4) is 0 Å². The van der Waals surface area contributed by atoms with E-state index in [-0.39, 0.29) is 6.04 Å². The average Bonchev–Trinajstić information content (AvgIpc) is 2.38. The van der Waals surface area contributed by atoms with Gasteiger partial charge in [0.2, 0.25) is 0 Å². The summed E-state index contributed by atoms with van der Waals surface area (Å²) < 4.78 is 0. The number of piperidine rings is 1. The lowest BCUT2D eigenvalue weighted by Crippen LogP contribution is -2.49. The predicted octanol–water partition coefficient (Wildman–Crippen LogP) is 1.66. The van der Waals surface area contributed by atoms with Gasteiger partial charge in [0.05, 0.1) is 5.69 Å². The van der Waals surface area contributed by atoms with Crippen molar-refractivity contribution in [3.05, 3.63) is 24.0 Å². The minimum atomic E-state index is 0.113. The lowest BCUT2D eigenvalue weighted by atomic mass is 9.96. The molecular weight excluding hydrogens is 212 g/mol. The lowest BCUT2D eigenvalue weighted by Gasteiger charge is -2.39. The SMILES string of the molecule is CC(N)C1CCCCN1c1cccnc1C#N. The van der Waals surface area contributed by atoms with E-state index >= 15 is 0 Å². The molecule has 0 bridgehead atoms. The van der Waals surface area contributed by atoms with E-state index in [1.165, 1.54) is 6.42 Å². The summed E-state index contributed by atoms with van der Waals surface area (Å²) in [6.45, 7) is 3.00. The molecule has 0 amide bonds. The molecule has 1 aromatic rings. The van der Waals surface area contributed by atoms with Gasteiger partial charge < -0.3 is 10.6 Å². The molecule has 0 spiro atoms. The molecule has 0 aliphatic carbocycles. The number of hydrogen-bond donors (Lipinski definition) is 1. The molecule has 1 aromatic heterocycles. The Hall–Kier alpha value is -1.60. The molecule has 1 aliphatic rings. The van der Waals surface area contributed by atoms with Crippen molar-refractivity contribution in [1.82, 2.24) is 4.98 Å². The number of nitrogens with two attached hydrogens (primary N) is 1. The Morgan fingerprint density at radius 2 is 2.41 bits per heavy atom. The van der Waals surface area contributed by atoms with Crippen LogP contribution in [0.5, 0.6) is 0 Å². The minimum absolute atomic E-state index is 0.113. The van der Waals surface area contributed by atoms with Crippen molar-refractivity contribution >= 4 is 5.69 Å². The molecule has 1 fully saturated rings. The van der Waals surface area contributed by atoms with Gasteiger partial charge in [0.15, 0.2) is 5.69 Å². The summed E-state index contributed by atoms with van der Waals surface area (Å²) in [5.74, 6) is 0. The highest BCUT2D eigenvalue weighted by molar-refractivity contribution is 5.56. The van der Waals surface area contributed by atoms with Gasteiger partial charge in [0, 0.05) is 24.8 Å². The van der Waals surface area contributed by atoms with Crippen LogP contribution >= 0.6 is 0 Å². The van der Waals surface area contributed by atoms with Crippen molar-refractivity contribution in [2.45, 2.75) is 38.3 Å². The van der Waals surface area contributed by atoms with E-state index in [1.54, 1.807) is 6.20 Å². The molecule has 0 saturated carbocycles. The Labute approximate surface area is 102 Å². The van der Waals surface area contributed by atoms with Crippen LogP contribution in [-0.2, 0) is 0 Å². The summed E-state index contributed by atoms with van der Waals surface area (Å²) in [6.07, 6.45) is 5.12. The lowest BCUT2D eigenvalue weighted by molar-refractivity contribution is 0.413. The first kappa shape index (κ1) is 11.9. The van der Waals surface area contributed by atoms with Gasteiger partial charge in [-0.1, -0.05) is 0 Å². The molecule has 4 heteroatoms. The Balaban J connectivity index is 2.33. The number of nitriles is 1. The Kier molecular flexibility index (Phi) is 3.60. The summed E-state index contributed by atoms with van der Waals surface area (Å²) in [7, 11) is 0. The summed E-state index contributed by atoms with van der Waals surface area (Å²) in [6, 6.07) is 6.43. The fourth-order valence-electron chi connectivity index (χ4n) is 2.52. The maximum absolute atomic E-state index is 9.10. The molecule has 4 nitrogen and oxygen atoms in total. The summed E-state index contributed by atoms with van der Waals surface area (Å²) in [4.78, 5) is 6.37. The van der Waals surface area contributed by atoms with Gasteiger partial charge in [0.25, 0.3) is 0 Å². The monoisotopic (exact) mass is 230 g/mol. The van der Waals surface area contributed by atoms with Crippen LogP contribution in [0.1, 0.15) is 31.9 Å². The van der Waals surface area contributed by atoms with Crippen molar-refractivity contribution < 1.29 is 0 Å². The van der Waals surface area contributed by atoms with Crippen LogP contribution < -0.4 is 10.6 Å². The third-order valence-corrected chi connectivity index (χ3v) is 3.36. The molecular formula is C13H18N4. The highest BCUT2D eigenvalue weighted by Crippen LogP contribution is 2.27. The second-order valence-corrected chi connectivity index (χ2v) is 4.60. The fraction of sp³-hybridized carbons (Fsp3) is 0.538. The van der Waals surface area contributed by atoms with Gasteiger partial charge in [-0.3, -0.25) is 0 Å². The van der Waals surface area contributed by atoms with E-state index in [9.17, 15) is 0 Å². The van der Waals surface area contributed by atoms with Crippen molar-refractivity contribution in [2.75, 3.05) is 11.4 Å². The zero-order valence-corrected chi connectivity index (χ0v) is 10.1. The van der Waals surface area contributed by atoms with E-state index in [4.69, 9.17) is 11.0 Å². The maximum Gasteiger partial charge on any atom is 0.163 e. The standard InChI is InChI=1S/C13H18N4/c1-10(15)12-5-2-3-8-17(12)13-6-4-7-16-11(13)9-14/h4,6-7,10,12H,2-3,5,8,15H2,1H3. The van der Waals surface area contributed by atoms with Gasteiger partial charge in [0.1, 0.15) is 6.07 Å². The van der Waals surface area contributed by atoms with Gasteiger partial charge in [-0.15, -0.1) is 0 Å². The molecule has 90 valence electrons. The molecule has 1 saturated heterocycles. The highest BCUT2D eigenvalue weighted by atomic mass is 15.2. The zero-order valence-electron chi connectivity index (χ0n) is 10.1. The number of nitrogens with zero attached hydrogens (tertiary/aromatic N) is 3. The Bertz CT molecular complexity index is 422. The zero-order chi connectivity index (χ0) is 12.3. The third-order valence-electron chi connectivity index (χ3n) is 3.36. The number of pyridine rings is 1. The van der Waals surface area contributed by atoms with E-state index in [0.717, 1.165) is 25.1 Å². The van der Waals surface area contributed by atoms with Crippen LogP contribution in [0.25, 0.3) is 0 Å².